The van der Waals surface area contributed by atoms with E-state index in [1.54, 1.807) is 0 Å². The van der Waals surface area contributed by atoms with Crippen LogP contribution in [0.25, 0.3) is 0 Å². The maximum absolute atomic E-state index is 10.8. The van der Waals surface area contributed by atoms with Crippen molar-refractivity contribution >= 4 is 5.97 Å². The summed E-state index contributed by atoms with van der Waals surface area (Å²) in [5, 5.41) is 8.91. The van der Waals surface area contributed by atoms with Crippen LogP contribution in [0.15, 0.2) is 0 Å². The van der Waals surface area contributed by atoms with E-state index < -0.39 is 5.97 Å². The van der Waals surface area contributed by atoms with E-state index in [0.717, 1.165) is 6.42 Å². The summed E-state index contributed by atoms with van der Waals surface area (Å²) in [7, 11) is 0. The summed E-state index contributed by atoms with van der Waals surface area (Å²) in [6.07, 6.45) is 5.97. The summed E-state index contributed by atoms with van der Waals surface area (Å²) in [4.78, 5) is 13.1. The van der Waals surface area contributed by atoms with Crippen molar-refractivity contribution in [3.8, 4) is 0 Å². The predicted octanol–water partition coefficient (Wildman–Crippen LogP) is 2.11. The fourth-order valence-corrected chi connectivity index (χ4v) is 2.80. The highest BCUT2D eigenvalue weighted by Crippen LogP contribution is 2.42. The van der Waals surface area contributed by atoms with Crippen LogP contribution < -0.4 is 0 Å². The summed E-state index contributed by atoms with van der Waals surface area (Å²) in [6, 6.07) is 1.09. The van der Waals surface area contributed by atoms with Gasteiger partial charge in [-0.05, 0) is 37.5 Å². The standard InChI is InChI=1S/C12H21NO2/c1-12(2)6-5-10(7-12)13(8-11(14)15)9-3-4-9/h9-10H,3-8H2,1-2H3,(H,14,15). The van der Waals surface area contributed by atoms with E-state index in [-0.39, 0.29) is 6.54 Å². The molecule has 1 unspecified atom stereocenters. The van der Waals surface area contributed by atoms with E-state index >= 15 is 0 Å². The first-order chi connectivity index (χ1) is 6.98. The molecule has 0 spiro atoms. The molecule has 15 heavy (non-hydrogen) atoms. The number of carboxylic acid groups (broad SMARTS) is 1. The third kappa shape index (κ3) is 2.71. The first-order valence-electron chi connectivity index (χ1n) is 5.95. The van der Waals surface area contributed by atoms with E-state index in [2.05, 4.69) is 18.7 Å². The molecule has 0 bridgehead atoms. The smallest absolute Gasteiger partial charge is 0.317 e. The van der Waals surface area contributed by atoms with Crippen molar-refractivity contribution in [1.82, 2.24) is 4.90 Å². The molecular weight excluding hydrogens is 190 g/mol. The van der Waals surface area contributed by atoms with E-state index in [9.17, 15) is 4.79 Å². The number of carboxylic acids is 1. The Hall–Kier alpha value is -0.570. The van der Waals surface area contributed by atoms with Gasteiger partial charge in [-0.2, -0.15) is 0 Å². The molecule has 1 atom stereocenters. The monoisotopic (exact) mass is 211 g/mol. The van der Waals surface area contributed by atoms with Crippen LogP contribution in [0.5, 0.6) is 0 Å². The third-order valence-electron chi connectivity index (χ3n) is 3.75. The van der Waals surface area contributed by atoms with Gasteiger partial charge >= 0.3 is 5.97 Å². The Morgan fingerprint density at radius 3 is 2.40 bits per heavy atom. The highest BCUT2D eigenvalue weighted by molar-refractivity contribution is 5.69. The van der Waals surface area contributed by atoms with Gasteiger partial charge in [-0.3, -0.25) is 9.69 Å². The molecule has 0 aromatic heterocycles. The van der Waals surface area contributed by atoms with Crippen LogP contribution in [0.4, 0.5) is 0 Å². The SMILES string of the molecule is CC1(C)CCC(N(CC(=O)O)C2CC2)C1. The number of hydrogen-bond acceptors (Lipinski definition) is 2. The fraction of sp³-hybridized carbons (Fsp3) is 0.917. The molecule has 2 aliphatic rings. The molecule has 2 fully saturated rings. The Labute approximate surface area is 91.5 Å². The van der Waals surface area contributed by atoms with Crippen molar-refractivity contribution < 1.29 is 9.90 Å². The van der Waals surface area contributed by atoms with Crippen LogP contribution in [0.3, 0.4) is 0 Å². The third-order valence-corrected chi connectivity index (χ3v) is 3.75. The highest BCUT2D eigenvalue weighted by Gasteiger charge is 2.40. The van der Waals surface area contributed by atoms with Gasteiger partial charge in [0.15, 0.2) is 0 Å². The first-order valence-corrected chi connectivity index (χ1v) is 5.95. The van der Waals surface area contributed by atoms with Gasteiger partial charge in [0.05, 0.1) is 6.54 Å². The van der Waals surface area contributed by atoms with Gasteiger partial charge < -0.3 is 5.11 Å². The molecule has 0 heterocycles. The van der Waals surface area contributed by atoms with Crippen molar-refractivity contribution in [3.05, 3.63) is 0 Å². The molecule has 1 N–H and O–H groups in total. The Bertz CT molecular complexity index is 258. The molecule has 0 aliphatic heterocycles. The molecule has 0 amide bonds. The zero-order valence-electron chi connectivity index (χ0n) is 9.70. The summed E-state index contributed by atoms with van der Waals surface area (Å²) >= 11 is 0. The van der Waals surface area contributed by atoms with Gasteiger partial charge in [0.25, 0.3) is 0 Å². The van der Waals surface area contributed by atoms with Gasteiger partial charge in [0, 0.05) is 12.1 Å². The quantitative estimate of drug-likeness (QED) is 0.774. The zero-order valence-corrected chi connectivity index (χ0v) is 9.70. The van der Waals surface area contributed by atoms with Gasteiger partial charge in [0.2, 0.25) is 0 Å². The van der Waals surface area contributed by atoms with E-state index in [0.29, 0.717) is 17.5 Å². The maximum Gasteiger partial charge on any atom is 0.317 e. The first kappa shape index (κ1) is 10.9. The lowest BCUT2D eigenvalue weighted by Gasteiger charge is -2.28. The Morgan fingerprint density at radius 2 is 2.00 bits per heavy atom. The molecule has 0 saturated heterocycles. The molecule has 3 heteroatoms. The summed E-state index contributed by atoms with van der Waals surface area (Å²) in [5.41, 5.74) is 0.413. The van der Waals surface area contributed by atoms with Crippen LogP contribution in [0, 0.1) is 5.41 Å². The minimum Gasteiger partial charge on any atom is -0.480 e. The second-order valence-electron chi connectivity index (χ2n) is 5.86. The van der Waals surface area contributed by atoms with Crippen molar-refractivity contribution in [1.29, 1.82) is 0 Å². The number of aliphatic carboxylic acids is 1. The van der Waals surface area contributed by atoms with Crippen LogP contribution in [0.1, 0.15) is 46.0 Å². The molecule has 0 aromatic rings. The Kier molecular flexibility index (Phi) is 2.75. The topological polar surface area (TPSA) is 40.5 Å². The number of carbonyl (C=O) groups is 1. The second-order valence-corrected chi connectivity index (χ2v) is 5.86. The summed E-state index contributed by atoms with van der Waals surface area (Å²) < 4.78 is 0. The lowest BCUT2D eigenvalue weighted by atomic mass is 9.91. The van der Waals surface area contributed by atoms with Crippen molar-refractivity contribution in [2.24, 2.45) is 5.41 Å². The van der Waals surface area contributed by atoms with Gasteiger partial charge in [-0.15, -0.1) is 0 Å². The molecule has 2 saturated carbocycles. The van der Waals surface area contributed by atoms with Crippen LogP contribution in [-0.4, -0.2) is 34.6 Å². The second kappa shape index (κ2) is 3.78. The molecule has 0 aromatic carbocycles. The lowest BCUT2D eigenvalue weighted by molar-refractivity contribution is -0.139. The molecule has 86 valence electrons. The number of hydrogen-bond donors (Lipinski definition) is 1. The molecule has 2 rings (SSSR count). The molecular formula is C12H21NO2. The van der Waals surface area contributed by atoms with Gasteiger partial charge in [0.1, 0.15) is 0 Å². The highest BCUT2D eigenvalue weighted by atomic mass is 16.4. The zero-order chi connectivity index (χ0) is 11.1. The minimum absolute atomic E-state index is 0.241. The Balaban J connectivity index is 1.96. The maximum atomic E-state index is 10.8. The average Bonchev–Trinajstić information content (AvgIpc) is 2.87. The normalized spacial score (nSPS) is 29.7. The molecule has 0 radical (unpaired) electrons. The largest absolute Gasteiger partial charge is 0.480 e. The molecule has 2 aliphatic carbocycles. The Morgan fingerprint density at radius 1 is 1.33 bits per heavy atom. The fourth-order valence-electron chi connectivity index (χ4n) is 2.80. The number of nitrogens with zero attached hydrogens (tertiary/aromatic N) is 1. The van der Waals surface area contributed by atoms with Gasteiger partial charge in [-0.25, -0.2) is 0 Å². The summed E-state index contributed by atoms with van der Waals surface area (Å²) in [6.45, 7) is 4.82. The van der Waals surface area contributed by atoms with Gasteiger partial charge in [-0.1, -0.05) is 13.8 Å². The van der Waals surface area contributed by atoms with E-state index in [4.69, 9.17) is 5.11 Å². The van der Waals surface area contributed by atoms with Crippen LogP contribution in [0.2, 0.25) is 0 Å². The lowest BCUT2D eigenvalue weighted by Crippen LogP contribution is -2.39. The van der Waals surface area contributed by atoms with E-state index in [1.807, 2.05) is 0 Å². The minimum atomic E-state index is -0.674. The van der Waals surface area contributed by atoms with Crippen molar-refractivity contribution in [2.75, 3.05) is 6.54 Å². The average molecular weight is 211 g/mol. The number of rotatable bonds is 4. The van der Waals surface area contributed by atoms with Crippen LogP contribution in [-0.2, 0) is 4.79 Å². The van der Waals surface area contributed by atoms with Crippen LogP contribution >= 0.6 is 0 Å². The van der Waals surface area contributed by atoms with Crippen molar-refractivity contribution in [3.63, 3.8) is 0 Å². The molecule has 3 nitrogen and oxygen atoms in total. The van der Waals surface area contributed by atoms with Crippen molar-refractivity contribution in [2.45, 2.75) is 58.0 Å². The van der Waals surface area contributed by atoms with E-state index in [1.165, 1.54) is 25.7 Å². The predicted molar refractivity (Wildman–Crippen MR) is 58.8 cm³/mol. The summed E-state index contributed by atoms with van der Waals surface area (Å²) in [5.74, 6) is -0.674.